The molecule has 0 atom stereocenters. The number of aromatic nitrogens is 1. The molecule has 0 radical (unpaired) electrons. The minimum absolute atomic E-state index is 0.0455. The molecular formula is C15H23N3O. The first-order chi connectivity index (χ1) is 9.04. The van der Waals surface area contributed by atoms with Crippen LogP contribution in [-0.4, -0.2) is 17.4 Å². The fourth-order valence-corrected chi connectivity index (χ4v) is 2.70. The quantitative estimate of drug-likeness (QED) is 0.878. The summed E-state index contributed by atoms with van der Waals surface area (Å²) in [5.41, 5.74) is 7.04. The Morgan fingerprint density at radius 2 is 2.05 bits per heavy atom. The zero-order valence-corrected chi connectivity index (χ0v) is 11.8. The van der Waals surface area contributed by atoms with E-state index < -0.39 is 0 Å². The van der Waals surface area contributed by atoms with E-state index in [1.165, 1.54) is 25.7 Å². The summed E-state index contributed by atoms with van der Waals surface area (Å²) in [6, 6.07) is 3.40. The molecule has 1 heterocycles. The highest BCUT2D eigenvalue weighted by Crippen LogP contribution is 2.27. The molecule has 0 aliphatic heterocycles. The molecule has 0 bridgehead atoms. The van der Waals surface area contributed by atoms with Crippen molar-refractivity contribution in [3.05, 3.63) is 23.4 Å². The van der Waals surface area contributed by atoms with Gasteiger partial charge in [0.2, 0.25) is 0 Å². The largest absolute Gasteiger partial charge is 0.384 e. The molecule has 1 aromatic heterocycles. The number of anilines is 1. The normalized spacial score (nSPS) is 23.1. The summed E-state index contributed by atoms with van der Waals surface area (Å²) in [6.45, 7) is 4.92. The molecule has 1 amide bonds. The highest BCUT2D eigenvalue weighted by atomic mass is 16.1. The number of pyridine rings is 1. The van der Waals surface area contributed by atoms with Gasteiger partial charge in [-0.3, -0.25) is 4.79 Å². The molecule has 19 heavy (non-hydrogen) atoms. The van der Waals surface area contributed by atoms with E-state index in [2.05, 4.69) is 17.2 Å². The lowest BCUT2D eigenvalue weighted by Gasteiger charge is -2.26. The van der Waals surface area contributed by atoms with Crippen LogP contribution >= 0.6 is 0 Å². The number of carbonyl (C=O) groups excluding carboxylic acids is 1. The van der Waals surface area contributed by atoms with Crippen LogP contribution in [0.3, 0.4) is 0 Å². The third kappa shape index (κ3) is 3.94. The maximum Gasteiger partial charge on any atom is 0.251 e. The van der Waals surface area contributed by atoms with Gasteiger partial charge in [0.05, 0.1) is 0 Å². The number of hydrogen-bond donors (Lipinski definition) is 2. The topological polar surface area (TPSA) is 68.0 Å². The van der Waals surface area contributed by atoms with Crippen LogP contribution in [0.25, 0.3) is 0 Å². The number of nitrogens with two attached hydrogens (primary N) is 1. The molecule has 0 aromatic carbocycles. The minimum Gasteiger partial charge on any atom is -0.384 e. The van der Waals surface area contributed by atoms with Crippen molar-refractivity contribution in [2.75, 3.05) is 12.3 Å². The summed E-state index contributed by atoms with van der Waals surface area (Å²) < 4.78 is 0. The van der Waals surface area contributed by atoms with E-state index in [4.69, 9.17) is 5.73 Å². The number of carbonyl (C=O) groups is 1. The standard InChI is InChI=1S/C15H23N3O/c1-10-3-5-12(6-4-10)9-17-15(19)13-7-11(2)18-14(16)8-13/h7-8,10,12H,3-6,9H2,1-2H3,(H2,16,18)(H,17,19). The number of nitrogen functional groups attached to an aromatic ring is 1. The first-order valence-electron chi connectivity index (χ1n) is 7.07. The van der Waals surface area contributed by atoms with Crippen LogP contribution in [0, 0.1) is 18.8 Å². The fourth-order valence-electron chi connectivity index (χ4n) is 2.70. The molecule has 0 saturated heterocycles. The smallest absolute Gasteiger partial charge is 0.251 e. The monoisotopic (exact) mass is 261 g/mol. The lowest BCUT2D eigenvalue weighted by molar-refractivity contribution is 0.0941. The summed E-state index contributed by atoms with van der Waals surface area (Å²) in [6.07, 6.45) is 5.00. The van der Waals surface area contributed by atoms with Gasteiger partial charge in [0.25, 0.3) is 5.91 Å². The van der Waals surface area contributed by atoms with Gasteiger partial charge in [-0.25, -0.2) is 4.98 Å². The van der Waals surface area contributed by atoms with Gasteiger partial charge >= 0.3 is 0 Å². The van der Waals surface area contributed by atoms with Crippen molar-refractivity contribution in [1.82, 2.24) is 10.3 Å². The second kappa shape index (κ2) is 6.04. The average Bonchev–Trinajstić information content (AvgIpc) is 2.36. The Morgan fingerprint density at radius 3 is 2.68 bits per heavy atom. The van der Waals surface area contributed by atoms with Gasteiger partial charge in [-0.2, -0.15) is 0 Å². The molecular weight excluding hydrogens is 238 g/mol. The Hall–Kier alpha value is -1.58. The Kier molecular flexibility index (Phi) is 4.40. The lowest BCUT2D eigenvalue weighted by Crippen LogP contribution is -2.31. The van der Waals surface area contributed by atoms with Crippen LogP contribution in [0.5, 0.6) is 0 Å². The minimum atomic E-state index is -0.0455. The van der Waals surface area contributed by atoms with E-state index in [-0.39, 0.29) is 5.91 Å². The van der Waals surface area contributed by atoms with Crippen molar-refractivity contribution >= 4 is 11.7 Å². The summed E-state index contributed by atoms with van der Waals surface area (Å²) >= 11 is 0. The molecule has 1 aromatic rings. The summed E-state index contributed by atoms with van der Waals surface area (Å²) in [4.78, 5) is 16.1. The van der Waals surface area contributed by atoms with Crippen molar-refractivity contribution < 1.29 is 4.79 Å². The number of amides is 1. The van der Waals surface area contributed by atoms with E-state index in [0.29, 0.717) is 17.3 Å². The predicted octanol–water partition coefficient (Wildman–Crippen LogP) is 2.53. The number of aryl methyl sites for hydroxylation is 1. The maximum absolute atomic E-state index is 12.1. The van der Waals surface area contributed by atoms with Crippen LogP contribution in [0.2, 0.25) is 0 Å². The van der Waals surface area contributed by atoms with Crippen molar-refractivity contribution in [2.24, 2.45) is 11.8 Å². The molecule has 3 N–H and O–H groups in total. The van der Waals surface area contributed by atoms with Crippen molar-refractivity contribution in [3.8, 4) is 0 Å². The Bertz CT molecular complexity index is 430. The molecule has 1 saturated carbocycles. The van der Waals surface area contributed by atoms with Gasteiger partial charge in [0, 0.05) is 17.8 Å². The van der Waals surface area contributed by atoms with Crippen molar-refractivity contribution in [1.29, 1.82) is 0 Å². The van der Waals surface area contributed by atoms with Gasteiger partial charge in [0.1, 0.15) is 5.82 Å². The zero-order valence-electron chi connectivity index (χ0n) is 11.8. The maximum atomic E-state index is 12.1. The van der Waals surface area contributed by atoms with Gasteiger partial charge in [-0.05, 0) is 43.7 Å². The molecule has 2 rings (SSSR count). The van der Waals surface area contributed by atoms with Gasteiger partial charge < -0.3 is 11.1 Å². The second-order valence-electron chi connectivity index (χ2n) is 5.76. The van der Waals surface area contributed by atoms with E-state index in [9.17, 15) is 4.79 Å². The number of nitrogens with zero attached hydrogens (tertiary/aromatic N) is 1. The summed E-state index contributed by atoms with van der Waals surface area (Å²) in [5, 5.41) is 3.02. The fraction of sp³-hybridized carbons (Fsp3) is 0.600. The highest BCUT2D eigenvalue weighted by molar-refractivity contribution is 5.94. The van der Waals surface area contributed by atoms with Crippen LogP contribution in [-0.2, 0) is 0 Å². The van der Waals surface area contributed by atoms with Crippen LogP contribution < -0.4 is 11.1 Å². The Morgan fingerprint density at radius 1 is 1.37 bits per heavy atom. The lowest BCUT2D eigenvalue weighted by atomic mass is 9.83. The Labute approximate surface area is 114 Å². The van der Waals surface area contributed by atoms with Crippen LogP contribution in [0.1, 0.15) is 48.7 Å². The van der Waals surface area contributed by atoms with Crippen molar-refractivity contribution in [2.45, 2.75) is 39.5 Å². The number of nitrogens with one attached hydrogen (secondary N) is 1. The first kappa shape index (κ1) is 13.8. The summed E-state index contributed by atoms with van der Waals surface area (Å²) in [5.74, 6) is 1.82. The summed E-state index contributed by atoms with van der Waals surface area (Å²) in [7, 11) is 0. The number of rotatable bonds is 3. The van der Waals surface area contributed by atoms with Crippen LogP contribution in [0.15, 0.2) is 12.1 Å². The van der Waals surface area contributed by atoms with Gasteiger partial charge in [0.15, 0.2) is 0 Å². The van der Waals surface area contributed by atoms with E-state index in [1.54, 1.807) is 12.1 Å². The van der Waals surface area contributed by atoms with Gasteiger partial charge in [-0.1, -0.05) is 19.8 Å². The molecule has 0 unspecified atom stereocenters. The first-order valence-corrected chi connectivity index (χ1v) is 7.07. The molecule has 1 aliphatic carbocycles. The molecule has 0 spiro atoms. The molecule has 1 aliphatic rings. The predicted molar refractivity (Wildman–Crippen MR) is 76.8 cm³/mol. The number of hydrogen-bond acceptors (Lipinski definition) is 3. The van der Waals surface area contributed by atoms with E-state index in [0.717, 1.165) is 18.2 Å². The van der Waals surface area contributed by atoms with E-state index in [1.807, 2.05) is 6.92 Å². The molecule has 1 fully saturated rings. The highest BCUT2D eigenvalue weighted by Gasteiger charge is 2.19. The van der Waals surface area contributed by atoms with E-state index >= 15 is 0 Å². The third-order valence-electron chi connectivity index (χ3n) is 3.92. The van der Waals surface area contributed by atoms with Crippen molar-refractivity contribution in [3.63, 3.8) is 0 Å². The molecule has 4 nitrogen and oxygen atoms in total. The molecule has 4 heteroatoms. The van der Waals surface area contributed by atoms with Gasteiger partial charge in [-0.15, -0.1) is 0 Å². The third-order valence-corrected chi connectivity index (χ3v) is 3.92. The molecule has 104 valence electrons. The van der Waals surface area contributed by atoms with Crippen LogP contribution in [0.4, 0.5) is 5.82 Å². The Balaban J connectivity index is 1.87. The average molecular weight is 261 g/mol. The second-order valence-corrected chi connectivity index (χ2v) is 5.76. The SMILES string of the molecule is Cc1cc(C(=O)NCC2CCC(C)CC2)cc(N)n1. The zero-order chi connectivity index (χ0) is 13.8.